The van der Waals surface area contributed by atoms with Crippen molar-refractivity contribution in [3.05, 3.63) is 41.2 Å². The Balaban J connectivity index is 1.59. The zero-order valence-electron chi connectivity index (χ0n) is 13.3. The van der Waals surface area contributed by atoms with Crippen molar-refractivity contribution in [1.82, 2.24) is 9.71 Å². The molecule has 1 aromatic heterocycles. The Morgan fingerprint density at radius 1 is 1.44 bits per heavy atom. The predicted molar refractivity (Wildman–Crippen MR) is 92.1 cm³/mol. The Hall–Kier alpha value is -1.84. The largest absolute Gasteiger partial charge is 0.381 e. The van der Waals surface area contributed by atoms with Crippen LogP contribution in [-0.2, 0) is 26.0 Å². The van der Waals surface area contributed by atoms with E-state index in [1.165, 1.54) is 23.5 Å². The molecule has 0 spiro atoms. The number of halogens is 1. The first-order valence-corrected chi connectivity index (χ1v) is 10.3. The fraction of sp³-hybridized carbons (Fsp3) is 0.375. The van der Waals surface area contributed by atoms with Gasteiger partial charge in [0.25, 0.3) is 0 Å². The fourth-order valence-corrected chi connectivity index (χ4v) is 4.79. The number of carbonyl (C=O) groups is 1. The highest BCUT2D eigenvalue weighted by Crippen LogP contribution is 2.24. The Kier molecular flexibility index (Phi) is 5.45. The molecule has 0 bridgehead atoms. The van der Waals surface area contributed by atoms with Crippen LogP contribution in [-0.4, -0.2) is 38.3 Å². The average molecular weight is 384 g/mol. The van der Waals surface area contributed by atoms with Gasteiger partial charge in [-0.25, -0.2) is 17.8 Å². The lowest BCUT2D eigenvalue weighted by molar-refractivity contribution is -0.118. The lowest BCUT2D eigenvalue weighted by atomic mass is 10.2. The summed E-state index contributed by atoms with van der Waals surface area (Å²) in [6.07, 6.45) is 0.532. The molecule has 134 valence electrons. The molecule has 1 atom stereocenters. The maximum Gasteiger partial charge on any atom is 0.239 e. The van der Waals surface area contributed by atoms with E-state index in [0.717, 1.165) is 0 Å². The molecule has 0 aliphatic carbocycles. The minimum absolute atomic E-state index is 0.0795. The van der Waals surface area contributed by atoms with Crippen molar-refractivity contribution < 1.29 is 22.3 Å². The van der Waals surface area contributed by atoms with Crippen molar-refractivity contribution in [3.8, 4) is 10.6 Å². The van der Waals surface area contributed by atoms with Gasteiger partial charge in [-0.3, -0.25) is 9.52 Å². The van der Waals surface area contributed by atoms with E-state index in [4.69, 9.17) is 4.74 Å². The molecular weight excluding hydrogens is 367 g/mol. The fourth-order valence-electron chi connectivity index (χ4n) is 2.58. The summed E-state index contributed by atoms with van der Waals surface area (Å²) in [5.74, 6) is -1.20. The molecule has 25 heavy (non-hydrogen) atoms. The summed E-state index contributed by atoms with van der Waals surface area (Å²) in [4.78, 5) is 16.3. The SMILES string of the molecule is O=C(Cc1csc(-c2cccc(F)c2)n1)NS(=O)(=O)CC1CCOC1. The Labute approximate surface area is 149 Å². The number of benzene rings is 1. The first kappa shape index (κ1) is 18.0. The van der Waals surface area contributed by atoms with Gasteiger partial charge < -0.3 is 4.74 Å². The van der Waals surface area contributed by atoms with Crippen LogP contribution in [0.2, 0.25) is 0 Å². The second kappa shape index (κ2) is 7.59. The number of thiazole rings is 1. The predicted octanol–water partition coefficient (Wildman–Crippen LogP) is 1.97. The van der Waals surface area contributed by atoms with E-state index in [0.29, 0.717) is 35.9 Å². The van der Waals surface area contributed by atoms with Crippen molar-refractivity contribution in [3.63, 3.8) is 0 Å². The molecule has 1 fully saturated rings. The smallest absolute Gasteiger partial charge is 0.239 e. The van der Waals surface area contributed by atoms with Crippen molar-refractivity contribution in [2.24, 2.45) is 5.92 Å². The highest BCUT2D eigenvalue weighted by molar-refractivity contribution is 7.90. The van der Waals surface area contributed by atoms with Crippen molar-refractivity contribution >= 4 is 27.3 Å². The summed E-state index contributed by atoms with van der Waals surface area (Å²) in [7, 11) is -3.69. The van der Waals surface area contributed by atoms with E-state index in [9.17, 15) is 17.6 Å². The Morgan fingerprint density at radius 3 is 3.00 bits per heavy atom. The summed E-state index contributed by atoms with van der Waals surface area (Å²) < 4.78 is 44.5. The monoisotopic (exact) mass is 384 g/mol. The first-order valence-electron chi connectivity index (χ1n) is 7.73. The minimum atomic E-state index is -3.69. The molecular formula is C16H17FN2O4S2. The normalized spacial score (nSPS) is 17.6. The van der Waals surface area contributed by atoms with Crippen molar-refractivity contribution in [2.45, 2.75) is 12.8 Å². The van der Waals surface area contributed by atoms with E-state index >= 15 is 0 Å². The summed E-state index contributed by atoms with van der Waals surface area (Å²) >= 11 is 1.27. The van der Waals surface area contributed by atoms with Gasteiger partial charge in [-0.15, -0.1) is 11.3 Å². The molecule has 1 aromatic carbocycles. The van der Waals surface area contributed by atoms with Crippen LogP contribution in [0.15, 0.2) is 29.6 Å². The number of nitrogens with one attached hydrogen (secondary N) is 1. The maximum absolute atomic E-state index is 13.3. The standard InChI is InChI=1S/C16H17FN2O4S2/c17-13-3-1-2-12(6-13)16-18-14(9-24-16)7-15(20)19-25(21,22)10-11-4-5-23-8-11/h1-3,6,9,11H,4-5,7-8,10H2,(H,19,20). The lowest BCUT2D eigenvalue weighted by Gasteiger charge is -2.09. The number of sulfonamides is 1. The van der Waals surface area contributed by atoms with Gasteiger partial charge in [0.05, 0.1) is 24.5 Å². The highest BCUT2D eigenvalue weighted by Gasteiger charge is 2.24. The van der Waals surface area contributed by atoms with Gasteiger partial charge in [0.15, 0.2) is 0 Å². The van der Waals surface area contributed by atoms with Crippen LogP contribution in [0, 0.1) is 11.7 Å². The van der Waals surface area contributed by atoms with Gasteiger partial charge in [0, 0.05) is 23.5 Å². The number of amides is 1. The zero-order valence-corrected chi connectivity index (χ0v) is 14.9. The molecule has 1 aliphatic heterocycles. The molecule has 1 saturated heterocycles. The van der Waals surface area contributed by atoms with Crippen LogP contribution < -0.4 is 4.72 Å². The van der Waals surface area contributed by atoms with Crippen LogP contribution in [0.3, 0.4) is 0 Å². The number of rotatable bonds is 6. The average Bonchev–Trinajstić information content (AvgIpc) is 3.18. The Bertz CT molecular complexity index is 861. The summed E-state index contributed by atoms with van der Waals surface area (Å²) in [6.45, 7) is 0.952. The Morgan fingerprint density at radius 2 is 2.28 bits per heavy atom. The van der Waals surface area contributed by atoms with Crippen LogP contribution in [0.4, 0.5) is 4.39 Å². The zero-order chi connectivity index (χ0) is 17.9. The van der Waals surface area contributed by atoms with Gasteiger partial charge >= 0.3 is 0 Å². The summed E-state index contributed by atoms with van der Waals surface area (Å²) in [6, 6.07) is 6.00. The third-order valence-corrected chi connectivity index (χ3v) is 6.10. The summed E-state index contributed by atoms with van der Waals surface area (Å²) in [5, 5.41) is 2.24. The van der Waals surface area contributed by atoms with Crippen LogP contribution in [0.1, 0.15) is 12.1 Å². The highest BCUT2D eigenvalue weighted by atomic mass is 32.2. The molecule has 6 nitrogen and oxygen atoms in total. The topological polar surface area (TPSA) is 85.4 Å². The third kappa shape index (κ3) is 5.07. The van der Waals surface area contributed by atoms with Crippen molar-refractivity contribution in [1.29, 1.82) is 0 Å². The maximum atomic E-state index is 13.3. The minimum Gasteiger partial charge on any atom is -0.381 e. The molecule has 0 saturated carbocycles. The van der Waals surface area contributed by atoms with E-state index in [1.54, 1.807) is 17.5 Å². The molecule has 1 aliphatic rings. The van der Waals surface area contributed by atoms with Crippen LogP contribution >= 0.6 is 11.3 Å². The van der Waals surface area contributed by atoms with Crippen LogP contribution in [0.5, 0.6) is 0 Å². The van der Waals surface area contributed by atoms with Gasteiger partial charge in [0.2, 0.25) is 15.9 Å². The third-order valence-electron chi connectivity index (χ3n) is 3.71. The second-order valence-corrected chi connectivity index (χ2v) is 8.49. The van der Waals surface area contributed by atoms with Gasteiger partial charge in [0.1, 0.15) is 10.8 Å². The van der Waals surface area contributed by atoms with Crippen LogP contribution in [0.25, 0.3) is 10.6 Å². The van der Waals surface area contributed by atoms with E-state index in [2.05, 4.69) is 9.71 Å². The molecule has 9 heteroatoms. The number of nitrogens with zero attached hydrogens (tertiary/aromatic N) is 1. The molecule has 1 unspecified atom stereocenters. The molecule has 2 heterocycles. The van der Waals surface area contributed by atoms with E-state index < -0.39 is 15.9 Å². The quantitative estimate of drug-likeness (QED) is 0.823. The van der Waals surface area contributed by atoms with Gasteiger partial charge in [-0.05, 0) is 18.6 Å². The number of ether oxygens (including phenoxy) is 1. The number of hydrogen-bond donors (Lipinski definition) is 1. The van der Waals surface area contributed by atoms with E-state index in [1.807, 2.05) is 0 Å². The number of aromatic nitrogens is 1. The number of carbonyl (C=O) groups excluding carboxylic acids is 1. The first-order chi connectivity index (χ1) is 11.9. The van der Waals surface area contributed by atoms with Crippen molar-refractivity contribution in [2.75, 3.05) is 19.0 Å². The second-order valence-electron chi connectivity index (χ2n) is 5.87. The molecule has 0 radical (unpaired) electrons. The number of hydrogen-bond acceptors (Lipinski definition) is 6. The molecule has 1 amide bonds. The van der Waals surface area contributed by atoms with Gasteiger partial charge in [-0.2, -0.15) is 0 Å². The van der Waals surface area contributed by atoms with E-state index in [-0.39, 0.29) is 23.9 Å². The van der Waals surface area contributed by atoms with Gasteiger partial charge in [-0.1, -0.05) is 12.1 Å². The lowest BCUT2D eigenvalue weighted by Crippen LogP contribution is -2.35. The molecule has 1 N–H and O–H groups in total. The molecule has 2 aromatic rings. The molecule has 3 rings (SSSR count). The summed E-state index contributed by atoms with van der Waals surface area (Å²) in [5.41, 5.74) is 1.06.